The van der Waals surface area contributed by atoms with E-state index >= 15 is 0 Å². The average Bonchev–Trinajstić information content (AvgIpc) is 3.17. The van der Waals surface area contributed by atoms with Crippen molar-refractivity contribution >= 4 is 5.91 Å². The van der Waals surface area contributed by atoms with Crippen LogP contribution in [0.3, 0.4) is 0 Å². The summed E-state index contributed by atoms with van der Waals surface area (Å²) in [5.74, 6) is 1.67. The smallest absolute Gasteiger partial charge is 0.289 e. The third kappa shape index (κ3) is 3.07. The summed E-state index contributed by atoms with van der Waals surface area (Å²) < 4.78 is 7.75. The first-order valence-electron chi connectivity index (χ1n) is 9.79. The van der Waals surface area contributed by atoms with Crippen LogP contribution < -0.4 is 5.56 Å². The molecule has 0 saturated carbocycles. The second-order valence-electron chi connectivity index (χ2n) is 7.84. The highest BCUT2D eigenvalue weighted by Crippen LogP contribution is 2.35. The number of pyridine rings is 1. The molecule has 0 spiro atoms. The van der Waals surface area contributed by atoms with Crippen LogP contribution in [0.1, 0.15) is 39.9 Å². The molecule has 0 N–H and O–H groups in total. The van der Waals surface area contributed by atoms with Crippen LogP contribution in [0.5, 0.6) is 0 Å². The Morgan fingerprint density at radius 1 is 0.964 bits per heavy atom. The molecule has 2 bridgehead atoms. The molecule has 5 heteroatoms. The number of rotatable bonds is 3. The fourth-order valence-electron chi connectivity index (χ4n) is 4.60. The fourth-order valence-corrected chi connectivity index (χ4v) is 4.60. The second kappa shape index (κ2) is 6.82. The van der Waals surface area contributed by atoms with Crippen molar-refractivity contribution in [1.29, 1.82) is 0 Å². The minimum atomic E-state index is -0.0549. The average molecular weight is 374 g/mol. The van der Waals surface area contributed by atoms with Crippen molar-refractivity contribution in [2.45, 2.75) is 25.3 Å². The molecule has 5 nitrogen and oxygen atoms in total. The minimum Gasteiger partial charge on any atom is -0.456 e. The maximum Gasteiger partial charge on any atom is 0.289 e. The van der Waals surface area contributed by atoms with Gasteiger partial charge in [0.25, 0.3) is 11.5 Å². The first-order chi connectivity index (χ1) is 13.7. The van der Waals surface area contributed by atoms with Gasteiger partial charge in [0.05, 0.1) is 0 Å². The van der Waals surface area contributed by atoms with E-state index in [-0.39, 0.29) is 17.4 Å². The lowest BCUT2D eigenvalue weighted by atomic mass is 9.83. The number of nitrogens with zero attached hydrogens (tertiary/aromatic N) is 2. The monoisotopic (exact) mass is 374 g/mol. The zero-order valence-corrected chi connectivity index (χ0v) is 15.6. The molecule has 4 heterocycles. The van der Waals surface area contributed by atoms with E-state index < -0.39 is 0 Å². The van der Waals surface area contributed by atoms with E-state index in [4.69, 9.17) is 4.42 Å². The summed E-state index contributed by atoms with van der Waals surface area (Å²) in [5.41, 5.74) is 2.26. The van der Waals surface area contributed by atoms with Crippen molar-refractivity contribution in [2.24, 2.45) is 5.92 Å². The van der Waals surface area contributed by atoms with Gasteiger partial charge in [0, 0.05) is 43.7 Å². The predicted octanol–water partition coefficient (Wildman–Crippen LogP) is 3.29. The predicted molar refractivity (Wildman–Crippen MR) is 105 cm³/mol. The van der Waals surface area contributed by atoms with Crippen LogP contribution >= 0.6 is 0 Å². The number of amides is 1. The lowest BCUT2D eigenvalue weighted by Gasteiger charge is -2.42. The Morgan fingerprint density at radius 3 is 2.68 bits per heavy atom. The van der Waals surface area contributed by atoms with E-state index in [0.29, 0.717) is 37.7 Å². The van der Waals surface area contributed by atoms with E-state index in [9.17, 15) is 9.59 Å². The van der Waals surface area contributed by atoms with Gasteiger partial charge in [-0.1, -0.05) is 36.4 Å². The third-order valence-corrected chi connectivity index (χ3v) is 5.86. The van der Waals surface area contributed by atoms with Crippen molar-refractivity contribution in [1.82, 2.24) is 9.47 Å². The Balaban J connectivity index is 1.34. The quantitative estimate of drug-likeness (QED) is 0.707. The van der Waals surface area contributed by atoms with E-state index in [1.165, 1.54) is 0 Å². The van der Waals surface area contributed by atoms with Crippen LogP contribution in [0.25, 0.3) is 0 Å². The summed E-state index contributed by atoms with van der Waals surface area (Å²) in [4.78, 5) is 27.1. The number of hydrogen-bond acceptors (Lipinski definition) is 3. The molecule has 2 unspecified atom stereocenters. The first-order valence-corrected chi connectivity index (χ1v) is 9.79. The number of piperidine rings is 1. The summed E-state index contributed by atoms with van der Waals surface area (Å²) >= 11 is 0. The Morgan fingerprint density at radius 2 is 1.82 bits per heavy atom. The molecule has 1 saturated heterocycles. The number of furan rings is 1. The lowest BCUT2D eigenvalue weighted by molar-refractivity contribution is 0.0562. The summed E-state index contributed by atoms with van der Waals surface area (Å²) in [6.07, 6.45) is 1.71. The molecule has 0 radical (unpaired) electrons. The fraction of sp³-hybridized carbons (Fsp3) is 0.304. The SMILES string of the molecule is O=C(c1ccc(Cc2ccccc2)o1)N1CC2CC(C1)c1cccc(=O)n1C2. The Kier molecular flexibility index (Phi) is 4.15. The van der Waals surface area contributed by atoms with Crippen molar-refractivity contribution in [3.63, 3.8) is 0 Å². The molecular weight excluding hydrogens is 352 g/mol. The van der Waals surface area contributed by atoms with Crippen molar-refractivity contribution in [3.05, 3.63) is 93.8 Å². The summed E-state index contributed by atoms with van der Waals surface area (Å²) in [5, 5.41) is 0. The van der Waals surface area contributed by atoms with Gasteiger partial charge in [-0.2, -0.15) is 0 Å². The van der Waals surface area contributed by atoms with E-state index in [1.807, 2.05) is 45.9 Å². The number of hydrogen-bond donors (Lipinski definition) is 0. The molecule has 2 aromatic heterocycles. The molecule has 2 aliphatic heterocycles. The minimum absolute atomic E-state index is 0.0549. The van der Waals surface area contributed by atoms with Crippen molar-refractivity contribution in [2.75, 3.05) is 13.1 Å². The summed E-state index contributed by atoms with van der Waals surface area (Å²) in [6.45, 7) is 1.99. The highest BCUT2D eigenvalue weighted by atomic mass is 16.4. The Bertz CT molecular complexity index is 1070. The number of carbonyl (C=O) groups is 1. The van der Waals surface area contributed by atoms with Crippen molar-refractivity contribution < 1.29 is 9.21 Å². The van der Waals surface area contributed by atoms with Crippen LogP contribution in [0, 0.1) is 5.92 Å². The van der Waals surface area contributed by atoms with Crippen LogP contribution in [-0.2, 0) is 13.0 Å². The highest BCUT2D eigenvalue weighted by Gasteiger charge is 2.37. The molecule has 1 aromatic carbocycles. The first kappa shape index (κ1) is 17.0. The van der Waals surface area contributed by atoms with E-state index in [2.05, 4.69) is 12.1 Å². The van der Waals surface area contributed by atoms with Gasteiger partial charge in [0.15, 0.2) is 5.76 Å². The number of aromatic nitrogens is 1. The van der Waals surface area contributed by atoms with Crippen molar-refractivity contribution in [3.8, 4) is 0 Å². The number of carbonyl (C=O) groups excluding carboxylic acids is 1. The van der Waals surface area contributed by atoms with Gasteiger partial charge in [0.2, 0.25) is 0 Å². The van der Waals surface area contributed by atoms with Crippen LogP contribution in [0.15, 0.2) is 69.9 Å². The van der Waals surface area contributed by atoms with E-state index in [1.54, 1.807) is 12.1 Å². The summed E-state index contributed by atoms with van der Waals surface area (Å²) in [6, 6.07) is 19.2. The van der Waals surface area contributed by atoms with Crippen LogP contribution in [-0.4, -0.2) is 28.5 Å². The molecule has 1 amide bonds. The standard InChI is InChI=1S/C23H22N2O3/c26-22-8-4-7-20-18-11-17(14-25(20)22)13-24(15-18)23(27)21-10-9-19(28-21)12-16-5-2-1-3-6-16/h1-10,17-18H,11-15H2. The van der Waals surface area contributed by atoms with Crippen LogP contribution in [0.2, 0.25) is 0 Å². The number of likely N-dealkylation sites (tertiary alicyclic amines) is 1. The molecule has 2 aliphatic rings. The molecule has 142 valence electrons. The Hall–Kier alpha value is -3.08. The van der Waals surface area contributed by atoms with Gasteiger partial charge < -0.3 is 13.9 Å². The zero-order chi connectivity index (χ0) is 19.1. The maximum atomic E-state index is 13.0. The van der Waals surface area contributed by atoms with Gasteiger partial charge in [-0.25, -0.2) is 0 Å². The molecule has 0 aliphatic carbocycles. The Labute approximate surface area is 163 Å². The third-order valence-electron chi connectivity index (χ3n) is 5.86. The largest absolute Gasteiger partial charge is 0.456 e. The highest BCUT2D eigenvalue weighted by molar-refractivity contribution is 5.91. The number of fused-ring (bicyclic) bond motifs is 4. The van der Waals surface area contributed by atoms with Gasteiger partial charge in [-0.3, -0.25) is 9.59 Å². The van der Waals surface area contributed by atoms with Gasteiger partial charge in [0.1, 0.15) is 5.76 Å². The van der Waals surface area contributed by atoms with Crippen LogP contribution in [0.4, 0.5) is 0 Å². The molecule has 5 rings (SSSR count). The molecule has 2 atom stereocenters. The molecule has 3 aromatic rings. The lowest BCUT2D eigenvalue weighted by Crippen LogP contribution is -2.49. The topological polar surface area (TPSA) is 55.5 Å². The van der Waals surface area contributed by atoms with Gasteiger partial charge in [-0.05, 0) is 36.1 Å². The molecule has 28 heavy (non-hydrogen) atoms. The molecule has 1 fully saturated rings. The maximum absolute atomic E-state index is 13.0. The summed E-state index contributed by atoms with van der Waals surface area (Å²) in [7, 11) is 0. The number of benzene rings is 1. The zero-order valence-electron chi connectivity index (χ0n) is 15.6. The molecular formula is C23H22N2O3. The normalized spacial score (nSPS) is 20.6. The van der Waals surface area contributed by atoms with E-state index in [0.717, 1.165) is 23.4 Å². The van der Waals surface area contributed by atoms with Gasteiger partial charge in [-0.15, -0.1) is 0 Å². The second-order valence-corrected chi connectivity index (χ2v) is 7.84. The van der Waals surface area contributed by atoms with Gasteiger partial charge >= 0.3 is 0 Å².